The van der Waals surface area contributed by atoms with Gasteiger partial charge in [0.2, 0.25) is 10.0 Å². The molecule has 0 aromatic carbocycles. The van der Waals surface area contributed by atoms with Crippen LogP contribution < -0.4 is 0 Å². The zero-order valence-corrected chi connectivity index (χ0v) is 9.24. The van der Waals surface area contributed by atoms with Crippen LogP contribution in [0.25, 0.3) is 0 Å². The minimum absolute atomic E-state index is 0.409. The minimum Gasteiger partial charge on any atom is -0.379 e. The molecule has 15 heavy (non-hydrogen) atoms. The maximum Gasteiger partial charge on any atom is 0.239 e. The number of morpholine rings is 1. The summed E-state index contributed by atoms with van der Waals surface area (Å²) in [7, 11) is -3.28. The quantitative estimate of drug-likeness (QED) is 0.699. The molecule has 0 aromatic rings. The smallest absolute Gasteiger partial charge is 0.239 e. The highest BCUT2D eigenvalue weighted by Gasteiger charge is 2.28. The fourth-order valence-corrected chi connectivity index (χ4v) is 3.11. The van der Waals surface area contributed by atoms with E-state index in [1.54, 1.807) is 18.6 Å². The Labute approximate surface area is 90.3 Å². The Morgan fingerprint density at radius 2 is 2.00 bits per heavy atom. The van der Waals surface area contributed by atoms with Gasteiger partial charge in [0.25, 0.3) is 0 Å². The van der Waals surface area contributed by atoms with E-state index in [9.17, 15) is 8.42 Å². The highest BCUT2D eigenvalue weighted by Crippen LogP contribution is 2.21. The van der Waals surface area contributed by atoms with Crippen LogP contribution in [0.2, 0.25) is 0 Å². The lowest BCUT2D eigenvalue weighted by molar-refractivity contribution is 0.0734. The van der Waals surface area contributed by atoms with E-state index in [1.807, 2.05) is 6.08 Å². The zero-order chi connectivity index (χ0) is 10.7. The second kappa shape index (κ2) is 4.47. The number of nitrogens with zero attached hydrogens (tertiary/aromatic N) is 1. The van der Waals surface area contributed by atoms with Crippen LogP contribution in [0.3, 0.4) is 0 Å². The summed E-state index contributed by atoms with van der Waals surface area (Å²) < 4.78 is 30.8. The van der Waals surface area contributed by atoms with Gasteiger partial charge in [-0.1, -0.05) is 12.2 Å². The average Bonchev–Trinajstić information content (AvgIpc) is 2.31. The van der Waals surface area contributed by atoms with E-state index in [0.717, 1.165) is 0 Å². The molecule has 0 atom stereocenters. The molecule has 2 rings (SSSR count). The zero-order valence-electron chi connectivity index (χ0n) is 8.43. The fraction of sp³-hybridized carbons (Fsp3) is 0.500. The van der Waals surface area contributed by atoms with Crippen LogP contribution in [0, 0.1) is 6.42 Å². The monoisotopic (exact) mass is 228 g/mol. The molecule has 1 saturated heterocycles. The van der Waals surface area contributed by atoms with Crippen molar-refractivity contribution in [1.29, 1.82) is 0 Å². The van der Waals surface area contributed by atoms with E-state index >= 15 is 0 Å². The largest absolute Gasteiger partial charge is 0.379 e. The Balaban J connectivity index is 2.17. The molecular formula is C10H14NO3S. The Morgan fingerprint density at radius 1 is 1.27 bits per heavy atom. The van der Waals surface area contributed by atoms with Crippen LogP contribution in [0.15, 0.2) is 23.1 Å². The lowest BCUT2D eigenvalue weighted by Gasteiger charge is -2.27. The lowest BCUT2D eigenvalue weighted by Crippen LogP contribution is -2.41. The van der Waals surface area contributed by atoms with Gasteiger partial charge in [-0.25, -0.2) is 8.42 Å². The fourth-order valence-electron chi connectivity index (χ4n) is 1.62. The van der Waals surface area contributed by atoms with Crippen molar-refractivity contribution < 1.29 is 13.2 Å². The summed E-state index contributed by atoms with van der Waals surface area (Å²) in [5.41, 5.74) is 0. The molecule has 0 unspecified atom stereocenters. The van der Waals surface area contributed by atoms with Gasteiger partial charge in [-0.2, -0.15) is 4.31 Å². The molecule has 1 radical (unpaired) electrons. The highest BCUT2D eigenvalue weighted by molar-refractivity contribution is 7.93. The molecule has 0 amide bonds. The summed E-state index contributed by atoms with van der Waals surface area (Å²) in [4.78, 5) is 0.409. The van der Waals surface area contributed by atoms with Crippen molar-refractivity contribution in [2.24, 2.45) is 0 Å². The minimum atomic E-state index is -3.28. The maximum absolute atomic E-state index is 12.1. The van der Waals surface area contributed by atoms with Crippen molar-refractivity contribution >= 4 is 10.0 Å². The van der Waals surface area contributed by atoms with Gasteiger partial charge in [0.1, 0.15) is 0 Å². The van der Waals surface area contributed by atoms with Crippen molar-refractivity contribution in [3.05, 3.63) is 29.6 Å². The first-order valence-electron chi connectivity index (χ1n) is 4.99. The van der Waals surface area contributed by atoms with Gasteiger partial charge in [-0.3, -0.25) is 0 Å². The standard InChI is InChI=1S/C10H14NO3S/c12-15(13,10-4-2-1-3-5-10)11-6-8-14-9-7-11/h1-2,4-5H,3,6-9H2. The molecule has 1 fully saturated rings. The van der Waals surface area contributed by atoms with E-state index in [-0.39, 0.29) is 0 Å². The Morgan fingerprint density at radius 3 is 2.60 bits per heavy atom. The first-order chi connectivity index (χ1) is 7.21. The average molecular weight is 228 g/mol. The molecule has 0 bridgehead atoms. The predicted molar refractivity (Wildman–Crippen MR) is 57.5 cm³/mol. The molecule has 1 aliphatic carbocycles. The third-order valence-corrected chi connectivity index (χ3v) is 4.40. The summed E-state index contributed by atoms with van der Waals surface area (Å²) in [6, 6.07) is 0. The van der Waals surface area contributed by atoms with Crippen LogP contribution in [0.4, 0.5) is 0 Å². The number of hydrogen-bond acceptors (Lipinski definition) is 3. The SMILES string of the molecule is O=S(=O)(C1=CC=CC[CH]1)N1CCOCC1. The Bertz CT molecular complexity index is 377. The third-order valence-electron chi connectivity index (χ3n) is 2.46. The number of sulfonamides is 1. The van der Waals surface area contributed by atoms with E-state index in [4.69, 9.17) is 4.74 Å². The first kappa shape index (κ1) is 10.9. The second-order valence-corrected chi connectivity index (χ2v) is 5.39. The number of allylic oxidation sites excluding steroid dienone is 4. The molecule has 5 heteroatoms. The molecule has 0 saturated carbocycles. The molecule has 2 aliphatic rings. The van der Waals surface area contributed by atoms with Crippen molar-refractivity contribution in [3.8, 4) is 0 Å². The molecule has 1 aliphatic heterocycles. The summed E-state index contributed by atoms with van der Waals surface area (Å²) in [6.07, 6.45) is 7.79. The van der Waals surface area contributed by atoms with Crippen LogP contribution in [-0.4, -0.2) is 39.0 Å². The molecular weight excluding hydrogens is 214 g/mol. The van der Waals surface area contributed by atoms with Crippen molar-refractivity contribution in [2.45, 2.75) is 6.42 Å². The van der Waals surface area contributed by atoms with Gasteiger partial charge in [0.05, 0.1) is 18.1 Å². The number of ether oxygens (including phenoxy) is 1. The summed E-state index contributed by atoms with van der Waals surface area (Å²) in [5, 5.41) is 0. The molecule has 4 nitrogen and oxygen atoms in total. The summed E-state index contributed by atoms with van der Waals surface area (Å²) in [5.74, 6) is 0. The van der Waals surface area contributed by atoms with E-state index in [1.165, 1.54) is 4.31 Å². The Hall–Kier alpha value is -0.650. The van der Waals surface area contributed by atoms with E-state index in [2.05, 4.69) is 0 Å². The maximum atomic E-state index is 12.1. The van der Waals surface area contributed by atoms with Gasteiger partial charge in [-0.15, -0.1) is 0 Å². The lowest BCUT2D eigenvalue weighted by atomic mass is 10.2. The van der Waals surface area contributed by atoms with Crippen LogP contribution in [-0.2, 0) is 14.8 Å². The van der Waals surface area contributed by atoms with Gasteiger partial charge in [0.15, 0.2) is 0 Å². The highest BCUT2D eigenvalue weighted by atomic mass is 32.2. The van der Waals surface area contributed by atoms with Crippen LogP contribution in [0.1, 0.15) is 6.42 Å². The number of hydrogen-bond donors (Lipinski definition) is 0. The molecule has 0 aromatic heterocycles. The van der Waals surface area contributed by atoms with Gasteiger partial charge in [0, 0.05) is 19.5 Å². The van der Waals surface area contributed by atoms with Crippen LogP contribution in [0.5, 0.6) is 0 Å². The summed E-state index contributed by atoms with van der Waals surface area (Å²) in [6.45, 7) is 1.89. The predicted octanol–water partition coefficient (Wildman–Crippen LogP) is 0.696. The third kappa shape index (κ3) is 2.30. The van der Waals surface area contributed by atoms with Crippen LogP contribution >= 0.6 is 0 Å². The molecule has 83 valence electrons. The number of rotatable bonds is 2. The van der Waals surface area contributed by atoms with Crippen molar-refractivity contribution in [3.63, 3.8) is 0 Å². The molecule has 0 N–H and O–H groups in total. The van der Waals surface area contributed by atoms with Crippen molar-refractivity contribution in [2.75, 3.05) is 26.3 Å². The molecule has 1 heterocycles. The second-order valence-electron chi connectivity index (χ2n) is 3.45. The van der Waals surface area contributed by atoms with E-state index in [0.29, 0.717) is 37.6 Å². The van der Waals surface area contributed by atoms with Gasteiger partial charge in [-0.05, 0) is 12.5 Å². The van der Waals surface area contributed by atoms with Crippen molar-refractivity contribution in [1.82, 2.24) is 4.31 Å². The topological polar surface area (TPSA) is 46.6 Å². The summed E-state index contributed by atoms with van der Waals surface area (Å²) >= 11 is 0. The molecule has 0 spiro atoms. The Kier molecular flexibility index (Phi) is 3.23. The first-order valence-corrected chi connectivity index (χ1v) is 6.43. The van der Waals surface area contributed by atoms with Gasteiger partial charge < -0.3 is 4.74 Å². The van der Waals surface area contributed by atoms with Gasteiger partial charge >= 0.3 is 0 Å². The normalized spacial score (nSPS) is 23.9. The van der Waals surface area contributed by atoms with E-state index < -0.39 is 10.0 Å².